The maximum atomic E-state index is 12.7. The summed E-state index contributed by atoms with van der Waals surface area (Å²) in [6.07, 6.45) is -2.17. The Bertz CT molecular complexity index is 388. The zero-order chi connectivity index (χ0) is 12.5. The molecule has 5 heteroatoms. The summed E-state index contributed by atoms with van der Waals surface area (Å²) in [5.74, 6) is 0.460. The van der Waals surface area contributed by atoms with Gasteiger partial charge in [0.25, 0.3) is 0 Å². The highest BCUT2D eigenvalue weighted by atomic mass is 35.5. The van der Waals surface area contributed by atoms with Crippen molar-refractivity contribution >= 4 is 17.3 Å². The first-order valence-corrected chi connectivity index (χ1v) is 5.96. The number of halogens is 4. The van der Waals surface area contributed by atoms with E-state index in [-0.39, 0.29) is 11.1 Å². The molecule has 1 N–H and O–H groups in total. The topological polar surface area (TPSA) is 12.0 Å². The summed E-state index contributed by atoms with van der Waals surface area (Å²) in [6, 6.07) is 5.47. The van der Waals surface area contributed by atoms with Crippen molar-refractivity contribution in [1.29, 1.82) is 0 Å². The van der Waals surface area contributed by atoms with E-state index in [9.17, 15) is 13.2 Å². The van der Waals surface area contributed by atoms with Crippen LogP contribution in [0.5, 0.6) is 0 Å². The van der Waals surface area contributed by atoms with Gasteiger partial charge >= 0.3 is 6.18 Å². The van der Waals surface area contributed by atoms with Crippen LogP contribution in [0.4, 0.5) is 18.9 Å². The molecule has 1 aromatic carbocycles. The second-order valence-electron chi connectivity index (χ2n) is 4.28. The summed E-state index contributed by atoms with van der Waals surface area (Å²) in [4.78, 5) is 0. The molecule has 1 aromatic rings. The molecular weight excluding hydrogens is 251 g/mol. The van der Waals surface area contributed by atoms with E-state index >= 15 is 0 Å². The predicted molar refractivity (Wildman–Crippen MR) is 62.3 cm³/mol. The Kier molecular flexibility index (Phi) is 3.52. The molecule has 1 atom stereocenters. The molecule has 1 unspecified atom stereocenters. The van der Waals surface area contributed by atoms with Crippen molar-refractivity contribution in [2.75, 3.05) is 11.9 Å². The lowest BCUT2D eigenvalue weighted by atomic mass is 10.1. The zero-order valence-electron chi connectivity index (χ0n) is 9.10. The van der Waals surface area contributed by atoms with Crippen molar-refractivity contribution in [1.82, 2.24) is 0 Å². The Labute approximate surface area is 103 Å². The van der Waals surface area contributed by atoms with Crippen LogP contribution in [0.15, 0.2) is 24.3 Å². The largest absolute Gasteiger partial charge is 0.418 e. The fourth-order valence-corrected chi connectivity index (χ4v) is 2.05. The van der Waals surface area contributed by atoms with Crippen molar-refractivity contribution in [3.05, 3.63) is 29.8 Å². The van der Waals surface area contributed by atoms with E-state index in [1.807, 2.05) is 0 Å². The molecule has 0 spiro atoms. The third kappa shape index (κ3) is 3.28. The van der Waals surface area contributed by atoms with Crippen molar-refractivity contribution in [3.8, 4) is 0 Å². The summed E-state index contributed by atoms with van der Waals surface area (Å²) in [5, 5.41) is 2.70. The highest BCUT2D eigenvalue weighted by Gasteiger charge is 2.34. The Morgan fingerprint density at radius 3 is 2.53 bits per heavy atom. The van der Waals surface area contributed by atoms with Gasteiger partial charge < -0.3 is 5.32 Å². The van der Waals surface area contributed by atoms with Crippen molar-refractivity contribution in [3.63, 3.8) is 0 Å². The molecule has 0 amide bonds. The molecule has 0 saturated heterocycles. The molecule has 0 bridgehead atoms. The molecule has 0 aliphatic heterocycles. The molecule has 2 rings (SSSR count). The average Bonchev–Trinajstić information content (AvgIpc) is 3.08. The first-order valence-electron chi connectivity index (χ1n) is 5.52. The minimum atomic E-state index is -4.33. The van der Waals surface area contributed by atoms with Gasteiger partial charge in [-0.2, -0.15) is 13.2 Å². The van der Waals surface area contributed by atoms with Crippen LogP contribution in [0.1, 0.15) is 18.4 Å². The summed E-state index contributed by atoms with van der Waals surface area (Å²) in [6.45, 7) is 0.374. The maximum absolute atomic E-state index is 12.7. The lowest BCUT2D eigenvalue weighted by Crippen LogP contribution is -2.18. The molecule has 0 radical (unpaired) electrons. The number of hydrogen-bond donors (Lipinski definition) is 1. The third-order valence-electron chi connectivity index (χ3n) is 2.85. The van der Waals surface area contributed by atoms with Gasteiger partial charge in [-0.25, -0.2) is 0 Å². The highest BCUT2D eigenvalue weighted by molar-refractivity contribution is 6.21. The van der Waals surface area contributed by atoms with Gasteiger partial charge in [0.2, 0.25) is 0 Å². The lowest BCUT2D eigenvalue weighted by Gasteiger charge is -2.16. The van der Waals surface area contributed by atoms with E-state index in [1.165, 1.54) is 12.1 Å². The Hall–Kier alpha value is -0.900. The average molecular weight is 264 g/mol. The van der Waals surface area contributed by atoms with Gasteiger partial charge in [-0.3, -0.25) is 0 Å². The van der Waals surface area contributed by atoms with E-state index in [0.717, 1.165) is 18.9 Å². The molecular formula is C12H13ClF3N. The molecule has 94 valence electrons. The predicted octanol–water partition coefficient (Wildman–Crippen LogP) is 4.13. The number of nitrogens with one attached hydrogen (secondary N) is 1. The number of rotatable bonds is 4. The first-order chi connectivity index (χ1) is 7.98. The van der Waals surface area contributed by atoms with E-state index < -0.39 is 11.7 Å². The second-order valence-corrected chi connectivity index (χ2v) is 4.84. The summed E-state index contributed by atoms with van der Waals surface area (Å²) >= 11 is 6.05. The third-order valence-corrected chi connectivity index (χ3v) is 3.36. The number of alkyl halides is 4. The standard InChI is InChI=1S/C12H13ClF3N/c13-10(8-5-6-8)7-17-11-4-2-1-3-9(11)12(14,15)16/h1-4,8,10,17H,5-7H2. The first kappa shape index (κ1) is 12.6. The minimum absolute atomic E-state index is 0.0868. The normalized spacial score (nSPS) is 17.9. The smallest absolute Gasteiger partial charge is 0.383 e. The van der Waals surface area contributed by atoms with Crippen LogP contribution in [0, 0.1) is 5.92 Å². The van der Waals surface area contributed by atoms with E-state index in [0.29, 0.717) is 12.5 Å². The van der Waals surface area contributed by atoms with Gasteiger partial charge in [-0.1, -0.05) is 12.1 Å². The van der Waals surface area contributed by atoms with E-state index in [4.69, 9.17) is 11.6 Å². The van der Waals surface area contributed by atoms with Gasteiger partial charge in [-0.05, 0) is 30.9 Å². The van der Waals surface area contributed by atoms with Gasteiger partial charge in [0.05, 0.1) is 10.9 Å². The molecule has 1 fully saturated rings. The SMILES string of the molecule is FC(F)(F)c1ccccc1NCC(Cl)C1CC1. The van der Waals surface area contributed by atoms with Crippen LogP contribution in [0.2, 0.25) is 0 Å². The monoisotopic (exact) mass is 263 g/mol. The molecule has 1 aliphatic rings. The van der Waals surface area contributed by atoms with Crippen molar-refractivity contribution in [2.45, 2.75) is 24.4 Å². The van der Waals surface area contributed by atoms with Crippen LogP contribution in [0.25, 0.3) is 0 Å². The Morgan fingerprint density at radius 2 is 1.94 bits per heavy atom. The molecule has 1 saturated carbocycles. The summed E-state index contributed by atoms with van der Waals surface area (Å²) in [5.41, 5.74) is -0.536. The fourth-order valence-electron chi connectivity index (χ4n) is 1.72. The molecule has 0 aromatic heterocycles. The summed E-state index contributed by atoms with van der Waals surface area (Å²) in [7, 11) is 0. The molecule has 0 heterocycles. The van der Waals surface area contributed by atoms with Crippen LogP contribution < -0.4 is 5.32 Å². The number of benzene rings is 1. The van der Waals surface area contributed by atoms with Crippen LogP contribution in [-0.2, 0) is 6.18 Å². The fraction of sp³-hybridized carbons (Fsp3) is 0.500. The number of para-hydroxylation sites is 1. The van der Waals surface area contributed by atoms with Crippen LogP contribution in [-0.4, -0.2) is 11.9 Å². The van der Waals surface area contributed by atoms with Crippen LogP contribution >= 0.6 is 11.6 Å². The molecule has 1 aliphatic carbocycles. The molecule has 17 heavy (non-hydrogen) atoms. The van der Waals surface area contributed by atoms with Gasteiger partial charge in [0.15, 0.2) is 0 Å². The van der Waals surface area contributed by atoms with E-state index in [1.54, 1.807) is 6.07 Å². The van der Waals surface area contributed by atoms with Gasteiger partial charge in [0.1, 0.15) is 0 Å². The minimum Gasteiger partial charge on any atom is -0.383 e. The lowest BCUT2D eigenvalue weighted by molar-refractivity contribution is -0.136. The number of hydrogen-bond acceptors (Lipinski definition) is 1. The van der Waals surface area contributed by atoms with E-state index in [2.05, 4.69) is 5.32 Å². The zero-order valence-corrected chi connectivity index (χ0v) is 9.85. The van der Waals surface area contributed by atoms with Gasteiger partial charge in [0, 0.05) is 12.2 Å². The molecule has 1 nitrogen and oxygen atoms in total. The summed E-state index contributed by atoms with van der Waals surface area (Å²) < 4.78 is 38.0. The Balaban J connectivity index is 2.04. The number of anilines is 1. The van der Waals surface area contributed by atoms with Crippen LogP contribution in [0.3, 0.4) is 0 Å². The maximum Gasteiger partial charge on any atom is 0.418 e. The van der Waals surface area contributed by atoms with Crippen molar-refractivity contribution < 1.29 is 13.2 Å². The van der Waals surface area contributed by atoms with Gasteiger partial charge in [-0.15, -0.1) is 11.6 Å². The van der Waals surface area contributed by atoms with Crippen molar-refractivity contribution in [2.24, 2.45) is 5.92 Å². The quantitative estimate of drug-likeness (QED) is 0.805. The highest BCUT2D eigenvalue weighted by Crippen LogP contribution is 2.37. The Morgan fingerprint density at radius 1 is 1.29 bits per heavy atom. The second kappa shape index (κ2) is 4.77.